The van der Waals surface area contributed by atoms with Crippen LogP contribution in [-0.2, 0) is 14.8 Å². The van der Waals surface area contributed by atoms with Crippen molar-refractivity contribution in [3.05, 3.63) is 58.6 Å². The number of carbonyl (C=O) groups is 1. The van der Waals surface area contributed by atoms with Crippen LogP contribution in [0.5, 0.6) is 0 Å². The summed E-state index contributed by atoms with van der Waals surface area (Å²) in [5.74, 6) is -1.31. The minimum Gasteiger partial charge on any atom is -0.480 e. The fraction of sp³-hybridized carbons (Fsp3) is 0.133. The van der Waals surface area contributed by atoms with Crippen molar-refractivity contribution in [3.8, 4) is 0 Å². The number of benzene rings is 2. The topological polar surface area (TPSA) is 74.7 Å². The lowest BCUT2D eigenvalue weighted by molar-refractivity contribution is -0.137. The van der Waals surface area contributed by atoms with Crippen LogP contribution in [0.15, 0.2) is 53.4 Å². The van der Waals surface area contributed by atoms with Crippen molar-refractivity contribution in [2.45, 2.75) is 17.9 Å². The van der Waals surface area contributed by atoms with Crippen LogP contribution >= 0.6 is 23.2 Å². The summed E-state index contributed by atoms with van der Waals surface area (Å²) in [5, 5.41) is 9.63. The Labute approximate surface area is 144 Å². The van der Waals surface area contributed by atoms with Gasteiger partial charge in [-0.3, -0.25) is 4.31 Å². The van der Waals surface area contributed by atoms with Gasteiger partial charge >= 0.3 is 5.97 Å². The van der Waals surface area contributed by atoms with E-state index in [4.69, 9.17) is 23.2 Å². The summed E-state index contributed by atoms with van der Waals surface area (Å²) in [6, 6.07) is 10.4. The second-order valence-electron chi connectivity index (χ2n) is 4.72. The van der Waals surface area contributed by atoms with Crippen LogP contribution in [0.4, 0.5) is 5.69 Å². The highest BCUT2D eigenvalue weighted by molar-refractivity contribution is 7.93. The van der Waals surface area contributed by atoms with Gasteiger partial charge in [-0.2, -0.15) is 0 Å². The number of anilines is 1. The molecule has 8 heteroatoms. The number of hydrogen-bond donors (Lipinski definition) is 1. The van der Waals surface area contributed by atoms with Crippen LogP contribution < -0.4 is 4.31 Å². The van der Waals surface area contributed by atoms with Crippen molar-refractivity contribution in [3.63, 3.8) is 0 Å². The van der Waals surface area contributed by atoms with Gasteiger partial charge in [-0.25, -0.2) is 13.2 Å². The van der Waals surface area contributed by atoms with Gasteiger partial charge in [-0.1, -0.05) is 41.4 Å². The number of hydrogen-bond acceptors (Lipinski definition) is 3. The van der Waals surface area contributed by atoms with Crippen molar-refractivity contribution in [1.29, 1.82) is 0 Å². The number of aliphatic carboxylic acids is 1. The van der Waals surface area contributed by atoms with Crippen molar-refractivity contribution in [2.24, 2.45) is 0 Å². The molecule has 0 radical (unpaired) electrons. The van der Waals surface area contributed by atoms with Crippen molar-refractivity contribution in [2.75, 3.05) is 4.31 Å². The molecule has 0 amide bonds. The predicted molar refractivity (Wildman–Crippen MR) is 89.7 cm³/mol. The highest BCUT2D eigenvalue weighted by Gasteiger charge is 2.34. The SMILES string of the molecule is CC(C(=O)O)N(c1cc(Cl)ccc1Cl)S(=O)(=O)c1ccccc1. The molecule has 23 heavy (non-hydrogen) atoms. The van der Waals surface area contributed by atoms with Gasteiger partial charge in [0.25, 0.3) is 10.0 Å². The van der Waals surface area contributed by atoms with Gasteiger partial charge in [0, 0.05) is 5.02 Å². The van der Waals surface area contributed by atoms with Gasteiger partial charge in [0.15, 0.2) is 0 Å². The number of halogens is 2. The highest BCUT2D eigenvalue weighted by Crippen LogP contribution is 2.34. The molecule has 2 aromatic carbocycles. The summed E-state index contributed by atoms with van der Waals surface area (Å²) in [7, 11) is -4.13. The predicted octanol–water partition coefficient (Wildman–Crippen LogP) is 3.66. The summed E-state index contributed by atoms with van der Waals surface area (Å²) < 4.78 is 26.6. The Morgan fingerprint density at radius 2 is 1.74 bits per heavy atom. The quantitative estimate of drug-likeness (QED) is 0.867. The van der Waals surface area contributed by atoms with Gasteiger partial charge < -0.3 is 5.11 Å². The molecule has 1 N–H and O–H groups in total. The second kappa shape index (κ2) is 6.78. The van der Waals surface area contributed by atoms with E-state index in [1.54, 1.807) is 18.2 Å². The number of carboxylic acid groups (broad SMARTS) is 1. The van der Waals surface area contributed by atoms with E-state index in [0.29, 0.717) is 0 Å². The van der Waals surface area contributed by atoms with E-state index in [2.05, 4.69) is 0 Å². The van der Waals surface area contributed by atoms with Crippen LogP contribution in [0.1, 0.15) is 6.92 Å². The van der Waals surface area contributed by atoms with Crippen molar-refractivity contribution in [1.82, 2.24) is 0 Å². The first-order valence-corrected chi connectivity index (χ1v) is 8.72. The molecular weight excluding hydrogens is 361 g/mol. The third-order valence-electron chi connectivity index (χ3n) is 3.15. The molecule has 0 fully saturated rings. The molecule has 122 valence electrons. The lowest BCUT2D eigenvalue weighted by Gasteiger charge is -2.28. The maximum absolute atomic E-state index is 12.9. The van der Waals surface area contributed by atoms with Crippen LogP contribution in [0.3, 0.4) is 0 Å². The smallest absolute Gasteiger partial charge is 0.327 e. The maximum Gasteiger partial charge on any atom is 0.327 e. The molecule has 0 saturated heterocycles. The maximum atomic E-state index is 12.9. The summed E-state index contributed by atoms with van der Waals surface area (Å²) in [5.41, 5.74) is 0.0120. The Balaban J connectivity index is 2.69. The highest BCUT2D eigenvalue weighted by atomic mass is 35.5. The summed E-state index contributed by atoms with van der Waals surface area (Å²) in [6.07, 6.45) is 0. The van der Waals surface area contributed by atoms with E-state index in [0.717, 1.165) is 4.31 Å². The Morgan fingerprint density at radius 3 is 2.30 bits per heavy atom. The van der Waals surface area contributed by atoms with E-state index in [9.17, 15) is 18.3 Å². The minimum absolute atomic E-state index is 0.0120. The molecule has 0 aliphatic heterocycles. The summed E-state index contributed by atoms with van der Waals surface area (Å²) in [4.78, 5) is 11.4. The molecule has 2 rings (SSSR count). The first kappa shape index (κ1) is 17.6. The second-order valence-corrected chi connectivity index (χ2v) is 7.38. The van der Waals surface area contributed by atoms with E-state index < -0.39 is 22.0 Å². The fourth-order valence-corrected chi connectivity index (χ4v) is 4.08. The van der Waals surface area contributed by atoms with E-state index >= 15 is 0 Å². The van der Waals surface area contributed by atoms with Crippen LogP contribution in [0.2, 0.25) is 10.0 Å². The Hall–Kier alpha value is -1.76. The van der Waals surface area contributed by atoms with Gasteiger partial charge in [0.1, 0.15) is 6.04 Å². The molecule has 0 saturated carbocycles. The normalized spacial score (nSPS) is 12.7. The number of rotatable bonds is 5. The third-order valence-corrected chi connectivity index (χ3v) is 5.61. The molecule has 0 spiro atoms. The molecular formula is C15H13Cl2NO4S. The monoisotopic (exact) mass is 373 g/mol. The van der Waals surface area contributed by atoms with E-state index in [1.165, 1.54) is 37.3 Å². The molecule has 0 heterocycles. The standard InChI is InChI=1S/C15H13Cl2NO4S/c1-10(15(19)20)18(14-9-11(16)7-8-13(14)17)23(21,22)12-5-3-2-4-6-12/h2-10H,1H3,(H,19,20). The molecule has 0 aromatic heterocycles. The van der Waals surface area contributed by atoms with Crippen molar-refractivity contribution < 1.29 is 18.3 Å². The average molecular weight is 374 g/mol. The lowest BCUT2D eigenvalue weighted by atomic mass is 10.2. The number of sulfonamides is 1. The molecule has 0 aliphatic carbocycles. The Bertz CT molecular complexity index is 825. The van der Waals surface area contributed by atoms with Crippen LogP contribution in [0, 0.1) is 0 Å². The first-order valence-electron chi connectivity index (χ1n) is 6.52. The lowest BCUT2D eigenvalue weighted by Crippen LogP contribution is -2.43. The Morgan fingerprint density at radius 1 is 1.13 bits per heavy atom. The molecule has 0 aliphatic rings. The zero-order valence-electron chi connectivity index (χ0n) is 12.0. The first-order chi connectivity index (χ1) is 10.7. The fourth-order valence-electron chi connectivity index (χ4n) is 2.01. The molecule has 5 nitrogen and oxygen atoms in total. The Kier molecular flexibility index (Phi) is 5.19. The molecule has 2 aromatic rings. The van der Waals surface area contributed by atoms with Gasteiger partial charge in [-0.05, 0) is 37.3 Å². The zero-order chi connectivity index (χ0) is 17.2. The molecule has 1 unspecified atom stereocenters. The van der Waals surface area contributed by atoms with Crippen LogP contribution in [-0.4, -0.2) is 25.5 Å². The zero-order valence-corrected chi connectivity index (χ0v) is 14.3. The van der Waals surface area contributed by atoms with Gasteiger partial charge in [-0.15, -0.1) is 0 Å². The molecule has 0 bridgehead atoms. The average Bonchev–Trinajstić information content (AvgIpc) is 2.51. The number of carboxylic acids is 1. The third kappa shape index (κ3) is 3.60. The number of nitrogens with zero attached hydrogens (tertiary/aromatic N) is 1. The minimum atomic E-state index is -4.13. The molecule has 1 atom stereocenters. The van der Waals surface area contributed by atoms with Gasteiger partial charge in [0.05, 0.1) is 15.6 Å². The van der Waals surface area contributed by atoms with E-state index in [1.807, 2.05) is 0 Å². The van der Waals surface area contributed by atoms with Gasteiger partial charge in [0.2, 0.25) is 0 Å². The van der Waals surface area contributed by atoms with Crippen LogP contribution in [0.25, 0.3) is 0 Å². The van der Waals surface area contributed by atoms with E-state index in [-0.39, 0.29) is 20.6 Å². The summed E-state index contributed by atoms with van der Waals surface area (Å²) >= 11 is 12.0. The largest absolute Gasteiger partial charge is 0.480 e. The summed E-state index contributed by atoms with van der Waals surface area (Å²) in [6.45, 7) is 1.26. The van der Waals surface area contributed by atoms with Crippen molar-refractivity contribution >= 4 is 44.9 Å².